The lowest BCUT2D eigenvalue weighted by atomic mass is 9.96. The number of rotatable bonds is 10. The van der Waals surface area contributed by atoms with E-state index in [0.29, 0.717) is 18.3 Å². The number of aromatic nitrogens is 7. The molecular weight excluding hydrogens is 518 g/mol. The van der Waals surface area contributed by atoms with Crippen molar-refractivity contribution in [1.29, 1.82) is 5.26 Å². The molecule has 1 aliphatic heterocycles. The standard InChI is InChI=1S/C26H32ClN9OSi/c1-38(2,3)11-10-37-18-35-9-6-21-25(30-17-31-26(21)35)20-12-32-36(16-20)22(4-7-28)19-5-8-34(15-19)24-14-29-13-23(27)33-24/h6,9,12-14,16-17,19,22H,4-5,8,10-11,15,18H2,1-3H3. The van der Waals surface area contributed by atoms with Crippen LogP contribution in [0.3, 0.4) is 0 Å². The molecule has 5 rings (SSSR count). The van der Waals surface area contributed by atoms with E-state index in [1.807, 2.05) is 33.9 Å². The smallest absolute Gasteiger partial charge is 0.149 e. The minimum atomic E-state index is -1.14. The molecule has 0 bridgehead atoms. The van der Waals surface area contributed by atoms with Gasteiger partial charge in [0.05, 0.1) is 42.8 Å². The first-order chi connectivity index (χ1) is 18.3. The van der Waals surface area contributed by atoms with Gasteiger partial charge >= 0.3 is 0 Å². The van der Waals surface area contributed by atoms with Gasteiger partial charge in [-0.05, 0) is 18.5 Å². The van der Waals surface area contributed by atoms with Crippen molar-refractivity contribution in [2.75, 3.05) is 24.6 Å². The maximum Gasteiger partial charge on any atom is 0.149 e. The Bertz CT molecular complexity index is 1440. The molecule has 4 aromatic rings. The lowest BCUT2D eigenvalue weighted by molar-refractivity contribution is 0.0899. The number of hydrogen-bond acceptors (Lipinski definition) is 8. The van der Waals surface area contributed by atoms with Gasteiger partial charge in [-0.1, -0.05) is 31.2 Å². The van der Waals surface area contributed by atoms with Crippen LogP contribution in [0.1, 0.15) is 18.9 Å². The molecule has 0 spiro atoms. The van der Waals surface area contributed by atoms with Crippen LogP contribution in [0.2, 0.25) is 30.8 Å². The third kappa shape index (κ3) is 5.88. The average Bonchev–Trinajstić information content (AvgIpc) is 3.65. The molecule has 10 nitrogen and oxygen atoms in total. The molecule has 0 saturated carbocycles. The van der Waals surface area contributed by atoms with Gasteiger partial charge in [0.25, 0.3) is 0 Å². The second-order valence-corrected chi connectivity index (χ2v) is 16.9. The van der Waals surface area contributed by atoms with Crippen LogP contribution < -0.4 is 4.90 Å². The second-order valence-electron chi connectivity index (χ2n) is 10.9. The van der Waals surface area contributed by atoms with E-state index in [1.54, 1.807) is 12.5 Å². The molecule has 1 aliphatic rings. The Labute approximate surface area is 228 Å². The molecule has 0 N–H and O–H groups in total. The fraction of sp³-hybridized carbons (Fsp3) is 0.462. The molecule has 5 heterocycles. The van der Waals surface area contributed by atoms with Gasteiger partial charge in [0, 0.05) is 57.0 Å². The van der Waals surface area contributed by atoms with Gasteiger partial charge in [-0.3, -0.25) is 9.67 Å². The van der Waals surface area contributed by atoms with Crippen LogP contribution in [-0.4, -0.2) is 62.1 Å². The number of nitriles is 1. The predicted octanol–water partition coefficient (Wildman–Crippen LogP) is 5.03. The van der Waals surface area contributed by atoms with Crippen LogP contribution in [0.25, 0.3) is 22.3 Å². The number of fused-ring (bicyclic) bond motifs is 1. The first kappa shape index (κ1) is 26.3. The minimum absolute atomic E-state index is 0.0624. The fourth-order valence-corrected chi connectivity index (χ4v) is 5.78. The van der Waals surface area contributed by atoms with E-state index in [2.05, 4.69) is 55.6 Å². The third-order valence-electron chi connectivity index (χ3n) is 6.98. The average molecular weight is 550 g/mol. The first-order valence-electron chi connectivity index (χ1n) is 12.8. The molecule has 0 aromatic carbocycles. The van der Waals surface area contributed by atoms with E-state index in [9.17, 15) is 5.26 Å². The van der Waals surface area contributed by atoms with Crippen molar-refractivity contribution in [1.82, 2.24) is 34.3 Å². The fourth-order valence-electron chi connectivity index (χ4n) is 4.89. The topological polar surface area (TPSA) is 111 Å². The molecule has 38 heavy (non-hydrogen) atoms. The van der Waals surface area contributed by atoms with Crippen LogP contribution in [0.5, 0.6) is 0 Å². The van der Waals surface area contributed by atoms with Gasteiger partial charge < -0.3 is 14.2 Å². The SMILES string of the molecule is C[Si](C)(C)CCOCn1ccc2c(-c3cnn(C(CC#N)C4CCN(c5cncc(Cl)n5)C4)c3)ncnc21. The van der Waals surface area contributed by atoms with Crippen molar-refractivity contribution in [3.63, 3.8) is 0 Å². The first-order valence-corrected chi connectivity index (χ1v) is 16.9. The molecule has 2 atom stereocenters. The summed E-state index contributed by atoms with van der Waals surface area (Å²) in [7, 11) is -1.14. The van der Waals surface area contributed by atoms with Gasteiger partial charge in [0.2, 0.25) is 0 Å². The lowest BCUT2D eigenvalue weighted by Crippen LogP contribution is -2.25. The third-order valence-corrected chi connectivity index (χ3v) is 8.87. The molecular formula is C26H32ClN9OSi. The minimum Gasteiger partial charge on any atom is -0.361 e. The summed E-state index contributed by atoms with van der Waals surface area (Å²) < 4.78 is 9.88. The van der Waals surface area contributed by atoms with E-state index >= 15 is 0 Å². The van der Waals surface area contributed by atoms with Crippen molar-refractivity contribution in [2.45, 2.75) is 51.3 Å². The Morgan fingerprint density at radius 2 is 2.11 bits per heavy atom. The van der Waals surface area contributed by atoms with E-state index in [1.165, 1.54) is 6.20 Å². The summed E-state index contributed by atoms with van der Waals surface area (Å²) in [6, 6.07) is 5.44. The molecule has 0 amide bonds. The van der Waals surface area contributed by atoms with Gasteiger partial charge in [-0.25, -0.2) is 15.0 Å². The van der Waals surface area contributed by atoms with Crippen molar-refractivity contribution < 1.29 is 4.74 Å². The maximum absolute atomic E-state index is 9.60. The predicted molar refractivity (Wildman–Crippen MR) is 149 cm³/mol. The molecule has 12 heteroatoms. The Balaban J connectivity index is 1.33. The molecule has 198 valence electrons. The zero-order chi connectivity index (χ0) is 26.7. The lowest BCUT2D eigenvalue weighted by Gasteiger charge is -2.22. The van der Waals surface area contributed by atoms with E-state index in [4.69, 9.17) is 16.3 Å². The number of halogens is 1. The van der Waals surface area contributed by atoms with E-state index in [0.717, 1.165) is 60.3 Å². The van der Waals surface area contributed by atoms with Crippen LogP contribution in [0, 0.1) is 17.2 Å². The number of hydrogen-bond donors (Lipinski definition) is 0. The Hall–Kier alpha value is -3.33. The Morgan fingerprint density at radius 3 is 2.89 bits per heavy atom. The number of anilines is 1. The highest BCUT2D eigenvalue weighted by Gasteiger charge is 2.32. The summed E-state index contributed by atoms with van der Waals surface area (Å²) >= 11 is 6.04. The van der Waals surface area contributed by atoms with Crippen molar-refractivity contribution in [3.05, 3.63) is 48.5 Å². The summed E-state index contributed by atoms with van der Waals surface area (Å²) in [6.45, 7) is 9.84. The Kier molecular flexibility index (Phi) is 7.74. The summed E-state index contributed by atoms with van der Waals surface area (Å²) in [5, 5.41) is 15.6. The number of nitrogens with zero attached hydrogens (tertiary/aromatic N) is 9. The summed E-state index contributed by atoms with van der Waals surface area (Å²) in [4.78, 5) is 19.8. The molecule has 1 fully saturated rings. The highest BCUT2D eigenvalue weighted by atomic mass is 35.5. The zero-order valence-corrected chi connectivity index (χ0v) is 23.7. The molecule has 2 unspecified atom stereocenters. The van der Waals surface area contributed by atoms with Crippen LogP contribution in [0.15, 0.2) is 43.4 Å². The second kappa shape index (κ2) is 11.2. The van der Waals surface area contributed by atoms with Crippen molar-refractivity contribution in [3.8, 4) is 17.3 Å². The van der Waals surface area contributed by atoms with E-state index < -0.39 is 8.07 Å². The monoisotopic (exact) mass is 549 g/mol. The zero-order valence-electron chi connectivity index (χ0n) is 22.0. The molecule has 1 saturated heterocycles. The maximum atomic E-state index is 9.60. The van der Waals surface area contributed by atoms with Gasteiger partial charge in [0.15, 0.2) is 0 Å². The van der Waals surface area contributed by atoms with Gasteiger partial charge in [-0.15, -0.1) is 0 Å². The highest BCUT2D eigenvalue weighted by Crippen LogP contribution is 2.34. The Morgan fingerprint density at radius 1 is 1.24 bits per heavy atom. The summed E-state index contributed by atoms with van der Waals surface area (Å²) in [5.41, 5.74) is 2.55. The summed E-state index contributed by atoms with van der Waals surface area (Å²) in [6.07, 6.45) is 11.9. The van der Waals surface area contributed by atoms with Crippen LogP contribution in [-0.2, 0) is 11.5 Å². The molecule has 0 aliphatic carbocycles. The van der Waals surface area contributed by atoms with Crippen molar-refractivity contribution in [2.24, 2.45) is 5.92 Å². The normalized spacial score (nSPS) is 16.7. The number of ether oxygens (including phenoxy) is 1. The van der Waals surface area contributed by atoms with Gasteiger partial charge in [0.1, 0.15) is 29.7 Å². The molecule has 0 radical (unpaired) electrons. The quantitative estimate of drug-likeness (QED) is 0.200. The van der Waals surface area contributed by atoms with Crippen LogP contribution >= 0.6 is 11.6 Å². The summed E-state index contributed by atoms with van der Waals surface area (Å²) in [5.74, 6) is 0.997. The van der Waals surface area contributed by atoms with Gasteiger partial charge in [-0.2, -0.15) is 10.4 Å². The highest BCUT2D eigenvalue weighted by molar-refractivity contribution is 6.76. The largest absolute Gasteiger partial charge is 0.361 e. The molecule has 4 aromatic heterocycles. The van der Waals surface area contributed by atoms with Crippen LogP contribution in [0.4, 0.5) is 5.82 Å². The van der Waals surface area contributed by atoms with Crippen molar-refractivity contribution >= 4 is 36.5 Å². The van der Waals surface area contributed by atoms with E-state index in [-0.39, 0.29) is 12.0 Å².